The first-order valence-electron chi connectivity index (χ1n) is 9.89. The van der Waals surface area contributed by atoms with E-state index in [0.29, 0.717) is 0 Å². The van der Waals surface area contributed by atoms with Gasteiger partial charge < -0.3 is 5.32 Å². The highest BCUT2D eigenvalue weighted by atomic mass is 32.2. The second-order valence-electron chi connectivity index (χ2n) is 7.43. The minimum Gasteiger partial charge on any atom is -0.348 e. The molecule has 0 saturated carbocycles. The maximum Gasteiger partial charge on any atom is 0.264 e. The van der Waals surface area contributed by atoms with Gasteiger partial charge in [0, 0.05) is 0 Å². The molecule has 162 valence electrons. The Balaban J connectivity index is 1.90. The van der Waals surface area contributed by atoms with Crippen LogP contribution in [-0.4, -0.2) is 20.9 Å². The number of hydrogen-bond acceptors (Lipinski definition) is 3. The van der Waals surface area contributed by atoms with Crippen LogP contribution in [0.25, 0.3) is 0 Å². The Bertz CT molecular complexity index is 1180. The van der Waals surface area contributed by atoms with Crippen LogP contribution in [0.3, 0.4) is 0 Å². The normalized spacial score (nSPS) is 12.3. The van der Waals surface area contributed by atoms with Crippen molar-refractivity contribution in [2.45, 2.75) is 31.7 Å². The SMILES string of the molecule is Cc1ccc([C@H](C)NC(=O)CN(c2ccccc2F)S(=O)(=O)c2ccccc2)c(C)c1. The number of carbonyl (C=O) groups is 1. The Labute approximate surface area is 182 Å². The predicted molar refractivity (Wildman–Crippen MR) is 120 cm³/mol. The molecule has 3 aromatic rings. The molecule has 0 radical (unpaired) electrons. The van der Waals surface area contributed by atoms with Crippen molar-refractivity contribution in [3.05, 3.63) is 95.3 Å². The molecule has 7 heteroatoms. The number of amides is 1. The second-order valence-corrected chi connectivity index (χ2v) is 9.29. The summed E-state index contributed by atoms with van der Waals surface area (Å²) in [6, 6.07) is 18.7. The minimum absolute atomic E-state index is 0.0199. The van der Waals surface area contributed by atoms with Crippen molar-refractivity contribution in [3.8, 4) is 0 Å². The van der Waals surface area contributed by atoms with E-state index in [1.54, 1.807) is 18.2 Å². The molecule has 0 aliphatic heterocycles. The molecule has 5 nitrogen and oxygen atoms in total. The lowest BCUT2D eigenvalue weighted by Crippen LogP contribution is -2.42. The van der Waals surface area contributed by atoms with Gasteiger partial charge in [-0.25, -0.2) is 12.8 Å². The molecule has 0 unspecified atom stereocenters. The van der Waals surface area contributed by atoms with Gasteiger partial charge in [-0.2, -0.15) is 0 Å². The molecule has 0 aliphatic carbocycles. The molecule has 3 aromatic carbocycles. The number of nitrogens with zero attached hydrogens (tertiary/aromatic N) is 1. The van der Waals surface area contributed by atoms with E-state index in [4.69, 9.17) is 0 Å². The van der Waals surface area contributed by atoms with Crippen LogP contribution in [-0.2, 0) is 14.8 Å². The number of anilines is 1. The fourth-order valence-electron chi connectivity index (χ4n) is 3.48. The van der Waals surface area contributed by atoms with Crippen molar-refractivity contribution >= 4 is 21.6 Å². The Morgan fingerprint density at radius 3 is 2.29 bits per heavy atom. The second kappa shape index (κ2) is 9.31. The van der Waals surface area contributed by atoms with E-state index in [0.717, 1.165) is 21.0 Å². The summed E-state index contributed by atoms with van der Waals surface area (Å²) in [5.41, 5.74) is 2.89. The molecule has 0 heterocycles. The highest BCUT2D eigenvalue weighted by Crippen LogP contribution is 2.26. The number of rotatable bonds is 7. The quantitative estimate of drug-likeness (QED) is 0.588. The van der Waals surface area contributed by atoms with Crippen molar-refractivity contribution in [1.82, 2.24) is 5.32 Å². The monoisotopic (exact) mass is 440 g/mol. The number of hydrogen-bond donors (Lipinski definition) is 1. The number of carbonyl (C=O) groups excluding carboxylic acids is 1. The first-order chi connectivity index (χ1) is 14.7. The van der Waals surface area contributed by atoms with Crippen LogP contribution >= 0.6 is 0 Å². The maximum atomic E-state index is 14.5. The molecule has 1 N–H and O–H groups in total. The zero-order valence-electron chi connectivity index (χ0n) is 17.7. The summed E-state index contributed by atoms with van der Waals surface area (Å²) in [5.74, 6) is -1.26. The number of para-hydroxylation sites is 1. The third-order valence-corrected chi connectivity index (χ3v) is 6.78. The van der Waals surface area contributed by atoms with E-state index in [-0.39, 0.29) is 16.6 Å². The highest BCUT2D eigenvalue weighted by Gasteiger charge is 2.29. The van der Waals surface area contributed by atoms with Crippen LogP contribution in [0.15, 0.2) is 77.7 Å². The Hall–Kier alpha value is -3.19. The van der Waals surface area contributed by atoms with E-state index in [1.807, 2.05) is 39.0 Å². The van der Waals surface area contributed by atoms with Crippen LogP contribution in [0.5, 0.6) is 0 Å². The Kier molecular flexibility index (Phi) is 6.75. The zero-order chi connectivity index (χ0) is 22.6. The van der Waals surface area contributed by atoms with Gasteiger partial charge in [-0.05, 0) is 56.2 Å². The van der Waals surface area contributed by atoms with Crippen molar-refractivity contribution in [3.63, 3.8) is 0 Å². The first-order valence-corrected chi connectivity index (χ1v) is 11.3. The van der Waals surface area contributed by atoms with Crippen LogP contribution in [0.1, 0.15) is 29.7 Å². The fourth-order valence-corrected chi connectivity index (χ4v) is 4.93. The lowest BCUT2D eigenvalue weighted by Gasteiger charge is -2.25. The largest absolute Gasteiger partial charge is 0.348 e. The number of benzene rings is 3. The van der Waals surface area contributed by atoms with Crippen LogP contribution in [0.4, 0.5) is 10.1 Å². The topological polar surface area (TPSA) is 66.5 Å². The van der Waals surface area contributed by atoms with Crippen LogP contribution < -0.4 is 9.62 Å². The average molecular weight is 441 g/mol. The first kappa shape index (κ1) is 22.5. The van der Waals surface area contributed by atoms with Gasteiger partial charge in [-0.1, -0.05) is 54.1 Å². The Morgan fingerprint density at radius 2 is 1.65 bits per heavy atom. The van der Waals surface area contributed by atoms with Gasteiger partial charge in [0.25, 0.3) is 10.0 Å². The van der Waals surface area contributed by atoms with E-state index in [9.17, 15) is 17.6 Å². The smallest absolute Gasteiger partial charge is 0.264 e. The number of nitrogens with one attached hydrogen (secondary N) is 1. The van der Waals surface area contributed by atoms with Gasteiger partial charge >= 0.3 is 0 Å². The predicted octanol–water partition coefficient (Wildman–Crippen LogP) is 4.52. The van der Waals surface area contributed by atoms with Crippen LogP contribution in [0, 0.1) is 19.7 Å². The maximum absolute atomic E-state index is 14.5. The van der Waals surface area contributed by atoms with Gasteiger partial charge in [-0.15, -0.1) is 0 Å². The number of sulfonamides is 1. The molecule has 1 atom stereocenters. The molecule has 0 aromatic heterocycles. The van der Waals surface area contributed by atoms with Gasteiger partial charge in [0.1, 0.15) is 12.4 Å². The van der Waals surface area contributed by atoms with Crippen LogP contribution in [0.2, 0.25) is 0 Å². The Morgan fingerprint density at radius 1 is 1.00 bits per heavy atom. The summed E-state index contributed by atoms with van der Waals surface area (Å²) < 4.78 is 41.8. The third-order valence-electron chi connectivity index (χ3n) is 5.01. The summed E-state index contributed by atoms with van der Waals surface area (Å²) >= 11 is 0. The van der Waals surface area contributed by atoms with E-state index >= 15 is 0 Å². The van der Waals surface area contributed by atoms with Gasteiger partial charge in [-0.3, -0.25) is 9.10 Å². The molecular weight excluding hydrogens is 415 g/mol. The molecule has 0 bridgehead atoms. The van der Waals surface area contributed by atoms with Gasteiger partial charge in [0.05, 0.1) is 16.6 Å². The van der Waals surface area contributed by atoms with Crippen molar-refractivity contribution in [2.75, 3.05) is 10.8 Å². The highest BCUT2D eigenvalue weighted by molar-refractivity contribution is 7.92. The number of aryl methyl sites for hydroxylation is 2. The molecule has 1 amide bonds. The zero-order valence-corrected chi connectivity index (χ0v) is 18.5. The lowest BCUT2D eigenvalue weighted by atomic mass is 10.0. The summed E-state index contributed by atoms with van der Waals surface area (Å²) in [6.07, 6.45) is 0. The molecule has 0 fully saturated rings. The van der Waals surface area contributed by atoms with Crippen molar-refractivity contribution < 1.29 is 17.6 Å². The van der Waals surface area contributed by atoms with Gasteiger partial charge in [0.15, 0.2) is 0 Å². The summed E-state index contributed by atoms with van der Waals surface area (Å²) in [7, 11) is -4.15. The molecule has 0 aliphatic rings. The van der Waals surface area contributed by atoms with Crippen molar-refractivity contribution in [2.24, 2.45) is 0 Å². The average Bonchev–Trinajstić information content (AvgIpc) is 2.73. The molecule has 31 heavy (non-hydrogen) atoms. The van der Waals surface area contributed by atoms with E-state index in [1.165, 1.54) is 36.4 Å². The molecule has 0 saturated heterocycles. The summed E-state index contributed by atoms with van der Waals surface area (Å²) in [5, 5.41) is 2.83. The summed E-state index contributed by atoms with van der Waals surface area (Å²) in [6.45, 7) is 5.22. The third kappa shape index (κ3) is 5.11. The molecule has 0 spiro atoms. The van der Waals surface area contributed by atoms with E-state index < -0.39 is 28.3 Å². The van der Waals surface area contributed by atoms with Gasteiger partial charge in [0.2, 0.25) is 5.91 Å². The minimum atomic E-state index is -4.15. The van der Waals surface area contributed by atoms with Crippen molar-refractivity contribution in [1.29, 1.82) is 0 Å². The summed E-state index contributed by atoms with van der Waals surface area (Å²) in [4.78, 5) is 12.8. The fraction of sp³-hybridized carbons (Fsp3) is 0.208. The standard InChI is InChI=1S/C24H25FN2O3S/c1-17-13-14-21(18(2)15-17)19(3)26-24(28)16-27(23-12-8-7-11-22(23)25)31(29,30)20-9-5-4-6-10-20/h4-15,19H,16H2,1-3H3,(H,26,28)/t19-/m0/s1. The lowest BCUT2D eigenvalue weighted by molar-refractivity contribution is -0.120. The molecular formula is C24H25FN2O3S. The number of halogens is 1. The van der Waals surface area contributed by atoms with E-state index in [2.05, 4.69) is 5.32 Å². The molecule has 3 rings (SSSR count).